The highest BCUT2D eigenvalue weighted by molar-refractivity contribution is 7.89. The molecule has 2 aromatic rings. The monoisotopic (exact) mass is 377 g/mol. The first-order chi connectivity index (χ1) is 12.3. The molecule has 7 nitrogen and oxygen atoms in total. The average molecular weight is 377 g/mol. The van der Waals surface area contributed by atoms with E-state index in [-0.39, 0.29) is 23.4 Å². The molecule has 140 valence electrons. The molecule has 1 aromatic carbocycles. The van der Waals surface area contributed by atoms with Crippen molar-refractivity contribution < 1.29 is 17.9 Å². The van der Waals surface area contributed by atoms with E-state index in [9.17, 15) is 13.2 Å². The van der Waals surface area contributed by atoms with Crippen LogP contribution in [0.3, 0.4) is 0 Å². The standard InChI is InChI=1S/C18H23N3O4S/c1-13(2)21-18(22)14(3)25-16-4-6-17(7-5-16)26(23,24)20-12-15-8-10-19-11-9-15/h4-11,13-14,20H,12H2,1-3H3,(H,21,22)/t14-/m0/s1. The topological polar surface area (TPSA) is 97.4 Å². The van der Waals surface area contributed by atoms with Gasteiger partial charge in [-0.15, -0.1) is 0 Å². The lowest BCUT2D eigenvalue weighted by Gasteiger charge is -2.16. The van der Waals surface area contributed by atoms with Crippen LogP contribution in [0.1, 0.15) is 26.3 Å². The Hall–Kier alpha value is -2.45. The van der Waals surface area contributed by atoms with E-state index in [0.29, 0.717) is 5.75 Å². The summed E-state index contributed by atoms with van der Waals surface area (Å²) in [4.78, 5) is 15.9. The zero-order valence-corrected chi connectivity index (χ0v) is 15.8. The van der Waals surface area contributed by atoms with E-state index in [0.717, 1.165) is 5.56 Å². The third kappa shape index (κ3) is 5.82. The molecule has 8 heteroatoms. The molecule has 1 heterocycles. The summed E-state index contributed by atoms with van der Waals surface area (Å²) in [6.45, 7) is 5.54. The summed E-state index contributed by atoms with van der Waals surface area (Å²) in [7, 11) is -3.64. The highest BCUT2D eigenvalue weighted by atomic mass is 32.2. The van der Waals surface area contributed by atoms with Crippen LogP contribution in [0.4, 0.5) is 0 Å². The van der Waals surface area contributed by atoms with Gasteiger partial charge in [-0.2, -0.15) is 0 Å². The van der Waals surface area contributed by atoms with E-state index >= 15 is 0 Å². The number of amides is 1. The molecule has 0 radical (unpaired) electrons. The number of carbonyl (C=O) groups excluding carboxylic acids is 1. The van der Waals surface area contributed by atoms with E-state index in [1.54, 1.807) is 31.5 Å². The summed E-state index contributed by atoms with van der Waals surface area (Å²) in [5.74, 6) is 0.195. The van der Waals surface area contributed by atoms with Crippen molar-refractivity contribution in [3.8, 4) is 5.75 Å². The number of hydrogen-bond acceptors (Lipinski definition) is 5. The Bertz CT molecular complexity index is 821. The van der Waals surface area contributed by atoms with Crippen LogP contribution in [-0.4, -0.2) is 31.5 Å². The van der Waals surface area contributed by atoms with Gasteiger partial charge in [-0.1, -0.05) is 0 Å². The fraction of sp³-hybridized carbons (Fsp3) is 0.333. The summed E-state index contributed by atoms with van der Waals surface area (Å²) in [5.41, 5.74) is 0.813. The van der Waals surface area contributed by atoms with Crippen molar-refractivity contribution in [2.24, 2.45) is 0 Å². The maximum atomic E-state index is 12.3. The van der Waals surface area contributed by atoms with Crippen molar-refractivity contribution >= 4 is 15.9 Å². The van der Waals surface area contributed by atoms with Crippen LogP contribution in [-0.2, 0) is 21.4 Å². The van der Waals surface area contributed by atoms with Crippen molar-refractivity contribution in [1.82, 2.24) is 15.0 Å². The molecule has 0 fully saturated rings. The Balaban J connectivity index is 1.98. The van der Waals surface area contributed by atoms with Gasteiger partial charge in [0, 0.05) is 25.0 Å². The Morgan fingerprint density at radius 1 is 1.08 bits per heavy atom. The maximum absolute atomic E-state index is 12.3. The molecule has 1 atom stereocenters. The predicted molar refractivity (Wildman–Crippen MR) is 98.1 cm³/mol. The average Bonchev–Trinajstić information content (AvgIpc) is 2.61. The summed E-state index contributed by atoms with van der Waals surface area (Å²) in [6.07, 6.45) is 2.53. The van der Waals surface area contributed by atoms with Crippen molar-refractivity contribution in [2.75, 3.05) is 0 Å². The minimum Gasteiger partial charge on any atom is -0.481 e. The fourth-order valence-electron chi connectivity index (χ4n) is 2.12. The minimum absolute atomic E-state index is 0.0209. The molecule has 1 aromatic heterocycles. The quantitative estimate of drug-likeness (QED) is 0.732. The van der Waals surface area contributed by atoms with Gasteiger partial charge in [-0.05, 0) is 62.7 Å². The van der Waals surface area contributed by atoms with E-state index in [2.05, 4.69) is 15.0 Å². The first-order valence-corrected chi connectivity index (χ1v) is 9.72. The number of rotatable bonds is 8. The molecule has 0 aliphatic heterocycles. The lowest BCUT2D eigenvalue weighted by atomic mass is 10.3. The van der Waals surface area contributed by atoms with Gasteiger partial charge in [0.1, 0.15) is 5.75 Å². The molecule has 0 aliphatic carbocycles. The summed E-state index contributed by atoms with van der Waals surface area (Å²) >= 11 is 0. The lowest BCUT2D eigenvalue weighted by molar-refractivity contribution is -0.127. The SMILES string of the molecule is CC(C)NC(=O)[C@H](C)Oc1ccc(S(=O)(=O)NCc2ccncc2)cc1. The van der Waals surface area contributed by atoms with Crippen molar-refractivity contribution in [3.63, 3.8) is 0 Å². The molecular formula is C18H23N3O4S. The molecule has 0 unspecified atom stereocenters. The zero-order valence-electron chi connectivity index (χ0n) is 15.0. The summed E-state index contributed by atoms with van der Waals surface area (Å²) in [6, 6.07) is 9.44. The van der Waals surface area contributed by atoms with Crippen LogP contribution in [0.25, 0.3) is 0 Å². The number of nitrogens with zero attached hydrogens (tertiary/aromatic N) is 1. The molecule has 2 rings (SSSR count). The third-order valence-corrected chi connectivity index (χ3v) is 4.88. The van der Waals surface area contributed by atoms with Gasteiger partial charge in [-0.25, -0.2) is 13.1 Å². The Kier molecular flexibility index (Phi) is 6.70. The zero-order chi connectivity index (χ0) is 19.2. The summed E-state index contributed by atoms with van der Waals surface area (Å²) in [5, 5.41) is 2.76. The molecular weight excluding hydrogens is 354 g/mol. The number of aromatic nitrogens is 1. The molecule has 1 amide bonds. The minimum atomic E-state index is -3.64. The molecule has 2 N–H and O–H groups in total. The number of pyridine rings is 1. The second-order valence-corrected chi connectivity index (χ2v) is 7.84. The van der Waals surface area contributed by atoms with Crippen molar-refractivity contribution in [3.05, 3.63) is 54.4 Å². The van der Waals surface area contributed by atoms with Crippen molar-refractivity contribution in [1.29, 1.82) is 0 Å². The fourth-order valence-corrected chi connectivity index (χ4v) is 3.14. The largest absolute Gasteiger partial charge is 0.481 e. The first kappa shape index (κ1) is 19.9. The molecule has 0 saturated carbocycles. The van der Waals surface area contributed by atoms with Crippen LogP contribution >= 0.6 is 0 Å². The summed E-state index contributed by atoms with van der Waals surface area (Å²) < 4.78 is 32.7. The maximum Gasteiger partial charge on any atom is 0.260 e. The van der Waals surface area contributed by atoms with E-state index < -0.39 is 16.1 Å². The number of hydrogen-bond donors (Lipinski definition) is 2. The van der Waals surface area contributed by atoms with Gasteiger partial charge in [0.25, 0.3) is 5.91 Å². The second-order valence-electron chi connectivity index (χ2n) is 6.07. The van der Waals surface area contributed by atoms with Gasteiger partial charge in [0.05, 0.1) is 4.90 Å². The Morgan fingerprint density at radius 2 is 1.69 bits per heavy atom. The van der Waals surface area contributed by atoms with Crippen LogP contribution in [0.2, 0.25) is 0 Å². The van der Waals surface area contributed by atoms with Gasteiger partial charge in [-0.3, -0.25) is 9.78 Å². The van der Waals surface area contributed by atoms with Crippen LogP contribution in [0.5, 0.6) is 5.75 Å². The van der Waals surface area contributed by atoms with Crippen molar-refractivity contribution in [2.45, 2.75) is 44.4 Å². The Morgan fingerprint density at radius 3 is 2.27 bits per heavy atom. The predicted octanol–water partition coefficient (Wildman–Crippen LogP) is 1.85. The Labute approximate surface area is 153 Å². The molecule has 26 heavy (non-hydrogen) atoms. The number of carbonyl (C=O) groups is 1. The first-order valence-electron chi connectivity index (χ1n) is 8.23. The highest BCUT2D eigenvalue weighted by Crippen LogP contribution is 2.17. The molecule has 0 saturated heterocycles. The highest BCUT2D eigenvalue weighted by Gasteiger charge is 2.17. The van der Waals surface area contributed by atoms with Gasteiger partial charge < -0.3 is 10.1 Å². The van der Waals surface area contributed by atoms with Crippen LogP contribution in [0.15, 0.2) is 53.7 Å². The number of nitrogens with one attached hydrogen (secondary N) is 2. The number of sulfonamides is 1. The van der Waals surface area contributed by atoms with E-state index in [4.69, 9.17) is 4.74 Å². The van der Waals surface area contributed by atoms with Crippen LogP contribution < -0.4 is 14.8 Å². The molecule has 0 aliphatic rings. The van der Waals surface area contributed by atoms with E-state index in [1.165, 1.54) is 24.3 Å². The number of ether oxygens (including phenoxy) is 1. The van der Waals surface area contributed by atoms with Crippen LogP contribution in [0, 0.1) is 0 Å². The molecule has 0 spiro atoms. The van der Waals surface area contributed by atoms with Gasteiger partial charge >= 0.3 is 0 Å². The number of benzene rings is 1. The normalized spacial score (nSPS) is 12.6. The van der Waals surface area contributed by atoms with Gasteiger partial charge in [0.15, 0.2) is 6.10 Å². The second kappa shape index (κ2) is 8.77. The van der Waals surface area contributed by atoms with E-state index in [1.807, 2.05) is 13.8 Å². The molecule has 0 bridgehead atoms. The lowest BCUT2D eigenvalue weighted by Crippen LogP contribution is -2.40. The smallest absolute Gasteiger partial charge is 0.260 e. The van der Waals surface area contributed by atoms with Gasteiger partial charge in [0.2, 0.25) is 10.0 Å². The third-order valence-electron chi connectivity index (χ3n) is 3.46.